The van der Waals surface area contributed by atoms with Crippen LogP contribution in [0.1, 0.15) is 21.5 Å². The third-order valence-electron chi connectivity index (χ3n) is 2.65. The minimum atomic E-state index is -1.06. The largest absolute Gasteiger partial charge is 0.478 e. The highest BCUT2D eigenvalue weighted by atomic mass is 35.5. The number of aromatic carboxylic acids is 1. The van der Waals surface area contributed by atoms with E-state index in [1.54, 1.807) is 12.1 Å². The van der Waals surface area contributed by atoms with E-state index in [1.165, 1.54) is 18.2 Å². The Morgan fingerprint density at radius 1 is 1.25 bits per heavy atom. The van der Waals surface area contributed by atoms with E-state index in [-0.39, 0.29) is 10.6 Å². The molecule has 0 unspecified atom stereocenters. The third kappa shape index (κ3) is 2.90. The monoisotopic (exact) mass is 287 g/mol. The van der Waals surface area contributed by atoms with Crippen LogP contribution in [0.2, 0.25) is 5.02 Å². The average molecular weight is 288 g/mol. The van der Waals surface area contributed by atoms with Crippen LogP contribution in [-0.2, 0) is 0 Å². The Balaban J connectivity index is 2.36. The van der Waals surface area contributed by atoms with Gasteiger partial charge in [0.1, 0.15) is 17.6 Å². The molecule has 0 spiro atoms. The molecule has 2 aromatic rings. The Hall–Kier alpha value is -2.51. The molecular formula is C15H10ClNO3. The fourth-order valence-corrected chi connectivity index (χ4v) is 1.87. The molecule has 2 aromatic carbocycles. The molecule has 0 radical (unpaired) electrons. The maximum Gasteiger partial charge on any atom is 0.335 e. The molecule has 100 valence electrons. The number of nitrogens with zero attached hydrogens (tertiary/aromatic N) is 1. The van der Waals surface area contributed by atoms with Crippen molar-refractivity contribution in [2.45, 2.75) is 6.92 Å². The molecule has 0 aliphatic carbocycles. The molecule has 0 atom stereocenters. The summed E-state index contributed by atoms with van der Waals surface area (Å²) >= 11 is 5.98. The maximum absolute atomic E-state index is 10.8. The van der Waals surface area contributed by atoms with Crippen molar-refractivity contribution in [3.05, 3.63) is 58.1 Å². The lowest BCUT2D eigenvalue weighted by molar-refractivity contribution is 0.0697. The minimum absolute atomic E-state index is 0.0757. The molecule has 1 N–H and O–H groups in total. The number of aryl methyl sites for hydroxylation is 1. The highest BCUT2D eigenvalue weighted by Crippen LogP contribution is 2.32. The van der Waals surface area contributed by atoms with Crippen LogP contribution in [-0.4, -0.2) is 11.1 Å². The summed E-state index contributed by atoms with van der Waals surface area (Å²) in [6.07, 6.45) is 0. The predicted octanol–water partition coefficient (Wildman–Crippen LogP) is 4.01. The molecule has 4 nitrogen and oxygen atoms in total. The minimum Gasteiger partial charge on any atom is -0.478 e. The van der Waals surface area contributed by atoms with Gasteiger partial charge < -0.3 is 9.84 Å². The van der Waals surface area contributed by atoms with E-state index in [0.29, 0.717) is 17.1 Å². The molecule has 5 heteroatoms. The average Bonchev–Trinajstić information content (AvgIpc) is 2.42. The zero-order valence-corrected chi connectivity index (χ0v) is 11.3. The van der Waals surface area contributed by atoms with Crippen molar-refractivity contribution < 1.29 is 14.6 Å². The number of benzene rings is 2. The van der Waals surface area contributed by atoms with Gasteiger partial charge in [0.05, 0.1) is 16.1 Å². The second-order valence-corrected chi connectivity index (χ2v) is 4.57. The zero-order chi connectivity index (χ0) is 14.7. The van der Waals surface area contributed by atoms with Crippen molar-refractivity contribution in [1.29, 1.82) is 5.26 Å². The second kappa shape index (κ2) is 5.64. The molecule has 0 saturated heterocycles. The van der Waals surface area contributed by atoms with Gasteiger partial charge >= 0.3 is 5.97 Å². The fraction of sp³-hybridized carbons (Fsp3) is 0.0667. The number of carboxylic acid groups (broad SMARTS) is 1. The first kappa shape index (κ1) is 13.9. The van der Waals surface area contributed by atoms with Gasteiger partial charge in [-0.05, 0) is 42.8 Å². The van der Waals surface area contributed by atoms with E-state index in [9.17, 15) is 4.79 Å². The number of carboxylic acids is 1. The molecular weight excluding hydrogens is 278 g/mol. The summed E-state index contributed by atoms with van der Waals surface area (Å²) < 4.78 is 5.57. The van der Waals surface area contributed by atoms with Crippen molar-refractivity contribution in [2.24, 2.45) is 0 Å². The quantitative estimate of drug-likeness (QED) is 0.926. The van der Waals surface area contributed by atoms with Crippen LogP contribution in [0.25, 0.3) is 0 Å². The van der Waals surface area contributed by atoms with E-state index in [4.69, 9.17) is 26.7 Å². The van der Waals surface area contributed by atoms with Crippen molar-refractivity contribution in [2.75, 3.05) is 0 Å². The molecule has 0 bridgehead atoms. The van der Waals surface area contributed by atoms with Gasteiger partial charge in [-0.25, -0.2) is 4.79 Å². The van der Waals surface area contributed by atoms with Crippen molar-refractivity contribution in [3.63, 3.8) is 0 Å². The summed E-state index contributed by atoms with van der Waals surface area (Å²) in [6.45, 7) is 1.87. The number of rotatable bonds is 3. The van der Waals surface area contributed by atoms with Gasteiger partial charge in [-0.15, -0.1) is 0 Å². The highest BCUT2D eigenvalue weighted by Gasteiger charge is 2.11. The van der Waals surface area contributed by atoms with Crippen molar-refractivity contribution in [3.8, 4) is 17.6 Å². The van der Waals surface area contributed by atoms with E-state index < -0.39 is 5.97 Å². The van der Waals surface area contributed by atoms with E-state index in [1.807, 2.05) is 19.1 Å². The van der Waals surface area contributed by atoms with Crippen LogP contribution in [0.4, 0.5) is 0 Å². The molecule has 0 saturated carbocycles. The number of ether oxygens (including phenoxy) is 1. The van der Waals surface area contributed by atoms with Gasteiger partial charge in [-0.3, -0.25) is 0 Å². The molecule has 0 aliphatic rings. The number of nitriles is 1. The number of hydrogen-bond donors (Lipinski definition) is 1. The molecule has 0 heterocycles. The van der Waals surface area contributed by atoms with Crippen LogP contribution in [0.5, 0.6) is 11.5 Å². The second-order valence-electron chi connectivity index (χ2n) is 4.16. The predicted molar refractivity (Wildman–Crippen MR) is 74.4 cm³/mol. The van der Waals surface area contributed by atoms with Gasteiger partial charge in [-0.1, -0.05) is 17.7 Å². The fourth-order valence-electron chi connectivity index (χ4n) is 1.66. The van der Waals surface area contributed by atoms with Crippen LogP contribution < -0.4 is 4.74 Å². The molecule has 2 rings (SSSR count). The Morgan fingerprint density at radius 2 is 1.95 bits per heavy atom. The maximum atomic E-state index is 10.8. The third-order valence-corrected chi connectivity index (χ3v) is 2.95. The van der Waals surface area contributed by atoms with E-state index in [2.05, 4.69) is 0 Å². The molecule has 20 heavy (non-hydrogen) atoms. The lowest BCUT2D eigenvalue weighted by Gasteiger charge is -2.10. The van der Waals surface area contributed by atoms with Crippen LogP contribution >= 0.6 is 11.6 Å². The van der Waals surface area contributed by atoms with Crippen molar-refractivity contribution >= 4 is 17.6 Å². The first-order valence-electron chi connectivity index (χ1n) is 5.72. The Labute approximate surface area is 120 Å². The van der Waals surface area contributed by atoms with Gasteiger partial charge in [0, 0.05) is 0 Å². The van der Waals surface area contributed by atoms with Gasteiger partial charge in [0.15, 0.2) is 0 Å². The van der Waals surface area contributed by atoms with Crippen LogP contribution in [0.3, 0.4) is 0 Å². The Bertz CT molecular complexity index is 720. The Morgan fingerprint density at radius 3 is 2.55 bits per heavy atom. The summed E-state index contributed by atoms with van der Waals surface area (Å²) in [5.41, 5.74) is 1.41. The van der Waals surface area contributed by atoms with E-state index >= 15 is 0 Å². The lowest BCUT2D eigenvalue weighted by Crippen LogP contribution is -1.96. The normalized spacial score (nSPS) is 9.85. The first-order valence-corrected chi connectivity index (χ1v) is 6.10. The molecule has 0 fully saturated rings. The lowest BCUT2D eigenvalue weighted by atomic mass is 10.1. The highest BCUT2D eigenvalue weighted by molar-refractivity contribution is 6.32. The molecule has 0 amide bonds. The van der Waals surface area contributed by atoms with Gasteiger partial charge in [0.25, 0.3) is 0 Å². The standard InChI is InChI=1S/C15H10ClNO3/c1-9-2-4-13(11(6-9)8-17)20-14-5-3-10(15(18)19)7-12(14)16/h2-7H,1H3,(H,18,19). The molecule has 0 aliphatic heterocycles. The van der Waals surface area contributed by atoms with Crippen LogP contribution in [0, 0.1) is 18.3 Å². The zero-order valence-electron chi connectivity index (χ0n) is 10.6. The summed E-state index contributed by atoms with van der Waals surface area (Å²) in [4.78, 5) is 10.8. The number of carbonyl (C=O) groups is 1. The summed E-state index contributed by atoms with van der Waals surface area (Å²) in [5.74, 6) is -0.383. The van der Waals surface area contributed by atoms with E-state index in [0.717, 1.165) is 5.56 Å². The topological polar surface area (TPSA) is 70.3 Å². The van der Waals surface area contributed by atoms with Crippen LogP contribution in [0.15, 0.2) is 36.4 Å². The summed E-state index contributed by atoms with van der Waals surface area (Å²) in [6, 6.07) is 11.4. The van der Waals surface area contributed by atoms with Gasteiger partial charge in [0.2, 0.25) is 0 Å². The number of hydrogen-bond acceptors (Lipinski definition) is 3. The van der Waals surface area contributed by atoms with Gasteiger partial charge in [-0.2, -0.15) is 5.26 Å². The molecule has 0 aromatic heterocycles. The summed E-state index contributed by atoms with van der Waals surface area (Å²) in [5, 5.41) is 18.1. The summed E-state index contributed by atoms with van der Waals surface area (Å²) in [7, 11) is 0. The van der Waals surface area contributed by atoms with Crippen molar-refractivity contribution in [1.82, 2.24) is 0 Å². The first-order chi connectivity index (χ1) is 9.51. The SMILES string of the molecule is Cc1ccc(Oc2ccc(C(=O)O)cc2Cl)c(C#N)c1. The Kier molecular flexibility index (Phi) is 3.92. The smallest absolute Gasteiger partial charge is 0.335 e. The number of halogens is 1.